The zero-order valence-electron chi connectivity index (χ0n) is 14.5. The SMILES string of the molecule is Cc1nc(SCC(=O)N2CCC3(CCCN(C(C)C)C3=O)C2)n[nH]1. The molecule has 1 aromatic rings. The summed E-state index contributed by atoms with van der Waals surface area (Å²) in [5.74, 6) is 1.35. The molecule has 2 fully saturated rings. The fourth-order valence-corrected chi connectivity index (χ4v) is 4.41. The molecule has 3 heterocycles. The summed E-state index contributed by atoms with van der Waals surface area (Å²) in [6, 6.07) is 0.226. The highest BCUT2D eigenvalue weighted by Gasteiger charge is 2.49. The van der Waals surface area contributed by atoms with E-state index in [4.69, 9.17) is 0 Å². The van der Waals surface area contributed by atoms with Gasteiger partial charge in [0.2, 0.25) is 17.0 Å². The van der Waals surface area contributed by atoms with Crippen molar-refractivity contribution in [3.63, 3.8) is 0 Å². The molecule has 1 aromatic heterocycles. The van der Waals surface area contributed by atoms with Gasteiger partial charge in [-0.25, -0.2) is 4.98 Å². The second-order valence-electron chi connectivity index (χ2n) is 7.03. The van der Waals surface area contributed by atoms with Crippen LogP contribution in [0.15, 0.2) is 5.16 Å². The van der Waals surface area contributed by atoms with E-state index in [0.29, 0.717) is 24.0 Å². The van der Waals surface area contributed by atoms with E-state index in [1.165, 1.54) is 11.8 Å². The normalized spacial score (nSPS) is 24.4. The molecule has 0 aromatic carbocycles. The first-order chi connectivity index (χ1) is 11.4. The third-order valence-electron chi connectivity index (χ3n) is 5.00. The molecule has 2 amide bonds. The van der Waals surface area contributed by atoms with Gasteiger partial charge in [0.1, 0.15) is 5.82 Å². The van der Waals surface area contributed by atoms with Crippen LogP contribution in [0.25, 0.3) is 0 Å². The van der Waals surface area contributed by atoms with Gasteiger partial charge in [-0.1, -0.05) is 11.8 Å². The zero-order valence-corrected chi connectivity index (χ0v) is 15.4. The van der Waals surface area contributed by atoms with E-state index in [2.05, 4.69) is 29.0 Å². The van der Waals surface area contributed by atoms with Gasteiger partial charge >= 0.3 is 0 Å². The summed E-state index contributed by atoms with van der Waals surface area (Å²) in [6.45, 7) is 8.02. The summed E-state index contributed by atoms with van der Waals surface area (Å²) >= 11 is 1.34. The molecule has 1 unspecified atom stereocenters. The van der Waals surface area contributed by atoms with Gasteiger partial charge in [-0.05, 0) is 40.0 Å². The minimum Gasteiger partial charge on any atom is -0.341 e. The lowest BCUT2D eigenvalue weighted by atomic mass is 9.78. The Kier molecular flexibility index (Phi) is 4.85. The van der Waals surface area contributed by atoms with E-state index in [1.54, 1.807) is 0 Å². The molecule has 2 aliphatic rings. The monoisotopic (exact) mass is 351 g/mol. The number of carbonyl (C=O) groups excluding carboxylic acids is 2. The number of likely N-dealkylation sites (tertiary alicyclic amines) is 2. The lowest BCUT2D eigenvalue weighted by Crippen LogP contribution is -2.52. The molecule has 1 spiro atoms. The van der Waals surface area contributed by atoms with E-state index < -0.39 is 0 Å². The van der Waals surface area contributed by atoms with Crippen LogP contribution in [0, 0.1) is 12.3 Å². The van der Waals surface area contributed by atoms with Crippen molar-refractivity contribution < 1.29 is 9.59 Å². The number of amides is 2. The van der Waals surface area contributed by atoms with Gasteiger partial charge < -0.3 is 9.80 Å². The average Bonchev–Trinajstić information content (AvgIpc) is 3.15. The van der Waals surface area contributed by atoms with Gasteiger partial charge in [-0.3, -0.25) is 14.7 Å². The van der Waals surface area contributed by atoms with Crippen LogP contribution in [0.2, 0.25) is 0 Å². The van der Waals surface area contributed by atoms with Gasteiger partial charge in [0.15, 0.2) is 0 Å². The molecule has 2 aliphatic heterocycles. The van der Waals surface area contributed by atoms with Gasteiger partial charge in [-0.2, -0.15) is 0 Å². The maximum atomic E-state index is 12.9. The standard InChI is InChI=1S/C16H25N5O2S/c1-11(2)21-7-4-5-16(14(21)23)6-8-20(10-16)13(22)9-24-15-17-12(3)18-19-15/h11H,4-10H2,1-3H3,(H,17,18,19). The van der Waals surface area contributed by atoms with Crippen molar-refractivity contribution in [2.45, 2.75) is 51.2 Å². The number of aromatic amines is 1. The first-order valence-corrected chi connectivity index (χ1v) is 9.50. The Hall–Kier alpha value is -1.57. The Morgan fingerprint density at radius 3 is 2.83 bits per heavy atom. The molecule has 0 radical (unpaired) electrons. The lowest BCUT2D eigenvalue weighted by molar-refractivity contribution is -0.148. The van der Waals surface area contributed by atoms with E-state index in [1.807, 2.05) is 16.7 Å². The highest BCUT2D eigenvalue weighted by Crippen LogP contribution is 2.40. The number of H-pyrrole nitrogens is 1. The molecule has 3 rings (SSSR count). The number of nitrogens with zero attached hydrogens (tertiary/aromatic N) is 4. The average molecular weight is 351 g/mol. The van der Waals surface area contributed by atoms with Crippen molar-refractivity contribution in [1.82, 2.24) is 25.0 Å². The van der Waals surface area contributed by atoms with Crippen LogP contribution in [-0.2, 0) is 9.59 Å². The number of nitrogens with one attached hydrogen (secondary N) is 1. The molecular formula is C16H25N5O2S. The molecule has 1 N–H and O–H groups in total. The second-order valence-corrected chi connectivity index (χ2v) is 7.98. The van der Waals surface area contributed by atoms with Crippen molar-refractivity contribution in [2.75, 3.05) is 25.4 Å². The lowest BCUT2D eigenvalue weighted by Gasteiger charge is -2.41. The van der Waals surface area contributed by atoms with Crippen molar-refractivity contribution >= 4 is 23.6 Å². The van der Waals surface area contributed by atoms with E-state index >= 15 is 0 Å². The van der Waals surface area contributed by atoms with Crippen LogP contribution in [0.3, 0.4) is 0 Å². The molecule has 7 nitrogen and oxygen atoms in total. The third-order valence-corrected chi connectivity index (χ3v) is 5.83. The molecule has 1 atom stereocenters. The summed E-state index contributed by atoms with van der Waals surface area (Å²) in [5.41, 5.74) is -0.357. The van der Waals surface area contributed by atoms with Crippen molar-refractivity contribution in [3.8, 4) is 0 Å². The second kappa shape index (κ2) is 6.74. The minimum absolute atomic E-state index is 0.0637. The number of thioether (sulfide) groups is 1. The molecule has 132 valence electrons. The quantitative estimate of drug-likeness (QED) is 0.831. The first-order valence-electron chi connectivity index (χ1n) is 8.52. The highest BCUT2D eigenvalue weighted by molar-refractivity contribution is 7.99. The van der Waals surface area contributed by atoms with E-state index in [9.17, 15) is 9.59 Å². The molecule has 0 aliphatic carbocycles. The van der Waals surface area contributed by atoms with Crippen LogP contribution in [0.5, 0.6) is 0 Å². The Bertz CT molecular complexity index is 632. The van der Waals surface area contributed by atoms with E-state index in [-0.39, 0.29) is 23.3 Å². The van der Waals surface area contributed by atoms with Crippen LogP contribution >= 0.6 is 11.8 Å². The fourth-order valence-electron chi connectivity index (χ4n) is 3.66. The highest BCUT2D eigenvalue weighted by atomic mass is 32.2. The molecule has 8 heteroatoms. The largest absolute Gasteiger partial charge is 0.341 e. The number of hydrogen-bond acceptors (Lipinski definition) is 5. The van der Waals surface area contributed by atoms with Gasteiger partial charge in [0.25, 0.3) is 0 Å². The third kappa shape index (κ3) is 3.29. The van der Waals surface area contributed by atoms with Gasteiger partial charge in [0.05, 0.1) is 11.2 Å². The maximum absolute atomic E-state index is 12.9. The van der Waals surface area contributed by atoms with Gasteiger partial charge in [-0.15, -0.1) is 5.10 Å². The Morgan fingerprint density at radius 1 is 1.38 bits per heavy atom. The summed E-state index contributed by atoms with van der Waals surface area (Å²) in [7, 11) is 0. The topological polar surface area (TPSA) is 82.2 Å². The zero-order chi connectivity index (χ0) is 17.3. The van der Waals surface area contributed by atoms with Crippen LogP contribution in [0.4, 0.5) is 0 Å². The van der Waals surface area contributed by atoms with Gasteiger partial charge in [0, 0.05) is 25.7 Å². The predicted molar refractivity (Wildman–Crippen MR) is 91.6 cm³/mol. The molecule has 0 bridgehead atoms. The number of aryl methyl sites for hydroxylation is 1. The number of piperidine rings is 1. The molecule has 0 saturated carbocycles. The van der Waals surface area contributed by atoms with Crippen LogP contribution < -0.4 is 0 Å². The Balaban J connectivity index is 1.59. The first kappa shape index (κ1) is 17.3. The summed E-state index contributed by atoms with van der Waals surface area (Å²) < 4.78 is 0. The maximum Gasteiger partial charge on any atom is 0.233 e. The summed E-state index contributed by atoms with van der Waals surface area (Å²) in [5, 5.41) is 7.40. The Morgan fingerprint density at radius 2 is 2.17 bits per heavy atom. The number of rotatable bonds is 4. The fraction of sp³-hybridized carbons (Fsp3) is 0.750. The van der Waals surface area contributed by atoms with E-state index in [0.717, 1.165) is 31.6 Å². The summed E-state index contributed by atoms with van der Waals surface area (Å²) in [6.07, 6.45) is 2.70. The van der Waals surface area contributed by atoms with Crippen LogP contribution in [0.1, 0.15) is 38.9 Å². The number of hydrogen-bond donors (Lipinski definition) is 1. The number of aromatic nitrogens is 3. The number of carbonyl (C=O) groups is 2. The molecule has 24 heavy (non-hydrogen) atoms. The summed E-state index contributed by atoms with van der Waals surface area (Å²) in [4.78, 5) is 33.4. The molecule has 2 saturated heterocycles. The van der Waals surface area contributed by atoms with Crippen LogP contribution in [-0.4, -0.2) is 68.2 Å². The molecular weight excluding hydrogens is 326 g/mol. The van der Waals surface area contributed by atoms with Crippen molar-refractivity contribution in [3.05, 3.63) is 5.82 Å². The Labute approximate surface area is 146 Å². The van der Waals surface area contributed by atoms with Crippen molar-refractivity contribution in [2.24, 2.45) is 5.41 Å². The minimum atomic E-state index is -0.357. The van der Waals surface area contributed by atoms with Crippen molar-refractivity contribution in [1.29, 1.82) is 0 Å². The predicted octanol–water partition coefficient (Wildman–Crippen LogP) is 1.45. The smallest absolute Gasteiger partial charge is 0.233 e.